The summed E-state index contributed by atoms with van der Waals surface area (Å²) in [5.41, 5.74) is 0.561. The summed E-state index contributed by atoms with van der Waals surface area (Å²) in [6.45, 7) is 0.679. The molecule has 0 heterocycles. The van der Waals surface area contributed by atoms with Gasteiger partial charge in [0, 0.05) is 22.6 Å². The molecular weight excluding hydrogens is 366 g/mol. The number of carbonyl (C=O) groups excluding carboxylic acids is 1. The van der Waals surface area contributed by atoms with E-state index in [0.717, 1.165) is 8.95 Å². The standard InChI is InChI=1S/C12H15Br2NO3/c1-18-7-9(16)4-5-15-12(17)10-6-8(13)2-3-11(10)14/h2-3,6,9,16H,4-5,7H2,1H3,(H,15,17). The van der Waals surface area contributed by atoms with E-state index < -0.39 is 6.10 Å². The van der Waals surface area contributed by atoms with Crippen LogP contribution >= 0.6 is 31.9 Å². The number of hydrogen-bond donors (Lipinski definition) is 2. The molecule has 18 heavy (non-hydrogen) atoms. The number of rotatable bonds is 6. The number of benzene rings is 1. The van der Waals surface area contributed by atoms with Crippen molar-refractivity contribution in [2.75, 3.05) is 20.3 Å². The molecule has 1 atom stereocenters. The summed E-state index contributed by atoms with van der Waals surface area (Å²) in [6.07, 6.45) is -0.0909. The van der Waals surface area contributed by atoms with Crippen molar-refractivity contribution in [3.63, 3.8) is 0 Å². The first-order valence-electron chi connectivity index (χ1n) is 5.45. The Labute approximate surface area is 123 Å². The van der Waals surface area contributed by atoms with Crippen molar-refractivity contribution in [3.05, 3.63) is 32.7 Å². The van der Waals surface area contributed by atoms with Gasteiger partial charge in [-0.3, -0.25) is 4.79 Å². The fourth-order valence-corrected chi connectivity index (χ4v) is 2.18. The van der Waals surface area contributed by atoms with Gasteiger partial charge in [0.1, 0.15) is 0 Å². The molecule has 1 amide bonds. The predicted octanol–water partition coefficient (Wildman–Crippen LogP) is 2.34. The molecule has 0 aromatic heterocycles. The molecule has 0 aliphatic carbocycles. The highest BCUT2D eigenvalue weighted by atomic mass is 79.9. The Kier molecular flexibility index (Phi) is 6.85. The van der Waals surface area contributed by atoms with Gasteiger partial charge in [-0.05, 0) is 40.5 Å². The second-order valence-corrected chi connectivity index (χ2v) is 5.55. The molecule has 0 spiro atoms. The lowest BCUT2D eigenvalue weighted by Gasteiger charge is -2.11. The summed E-state index contributed by atoms with van der Waals surface area (Å²) in [6, 6.07) is 5.40. The minimum Gasteiger partial charge on any atom is -0.391 e. The molecule has 0 saturated heterocycles. The van der Waals surface area contributed by atoms with Gasteiger partial charge < -0.3 is 15.2 Å². The average Bonchev–Trinajstić information content (AvgIpc) is 2.32. The largest absolute Gasteiger partial charge is 0.391 e. The maximum atomic E-state index is 11.9. The lowest BCUT2D eigenvalue weighted by molar-refractivity contribution is 0.0587. The van der Waals surface area contributed by atoms with E-state index in [0.29, 0.717) is 18.5 Å². The molecule has 1 unspecified atom stereocenters. The van der Waals surface area contributed by atoms with Crippen LogP contribution in [0.1, 0.15) is 16.8 Å². The molecule has 1 rings (SSSR count). The fourth-order valence-electron chi connectivity index (χ4n) is 1.39. The highest BCUT2D eigenvalue weighted by Crippen LogP contribution is 2.21. The zero-order valence-corrected chi connectivity index (χ0v) is 13.1. The summed E-state index contributed by atoms with van der Waals surface area (Å²) >= 11 is 6.64. The third-order valence-corrected chi connectivity index (χ3v) is 3.48. The third kappa shape index (κ3) is 5.06. The van der Waals surface area contributed by atoms with Crippen LogP contribution in [0.5, 0.6) is 0 Å². The van der Waals surface area contributed by atoms with Gasteiger partial charge in [-0.15, -0.1) is 0 Å². The van der Waals surface area contributed by atoms with Crippen LogP contribution in [0.3, 0.4) is 0 Å². The summed E-state index contributed by atoms with van der Waals surface area (Å²) < 4.78 is 6.38. The summed E-state index contributed by atoms with van der Waals surface area (Å²) in [7, 11) is 1.53. The Morgan fingerprint density at radius 3 is 2.89 bits per heavy atom. The van der Waals surface area contributed by atoms with E-state index in [1.54, 1.807) is 12.1 Å². The first-order valence-corrected chi connectivity index (χ1v) is 7.03. The zero-order valence-electron chi connectivity index (χ0n) is 9.95. The molecule has 0 radical (unpaired) electrons. The van der Waals surface area contributed by atoms with E-state index in [4.69, 9.17) is 4.74 Å². The monoisotopic (exact) mass is 379 g/mol. The van der Waals surface area contributed by atoms with E-state index in [1.807, 2.05) is 6.07 Å². The van der Waals surface area contributed by atoms with Crippen molar-refractivity contribution in [1.82, 2.24) is 5.32 Å². The Balaban J connectivity index is 2.48. The summed E-state index contributed by atoms with van der Waals surface area (Å²) in [5, 5.41) is 12.2. The Bertz CT molecular complexity index is 412. The third-order valence-electron chi connectivity index (χ3n) is 2.30. The van der Waals surface area contributed by atoms with Crippen LogP contribution < -0.4 is 5.32 Å². The lowest BCUT2D eigenvalue weighted by atomic mass is 10.2. The molecule has 0 fully saturated rings. The van der Waals surface area contributed by atoms with Gasteiger partial charge in [0.05, 0.1) is 18.3 Å². The number of nitrogens with one attached hydrogen (secondary N) is 1. The van der Waals surface area contributed by atoms with Crippen molar-refractivity contribution in [1.29, 1.82) is 0 Å². The van der Waals surface area contributed by atoms with Crippen LogP contribution in [-0.4, -0.2) is 37.4 Å². The molecule has 100 valence electrons. The van der Waals surface area contributed by atoms with Gasteiger partial charge in [-0.1, -0.05) is 15.9 Å². The van der Waals surface area contributed by atoms with Crippen molar-refractivity contribution in [2.45, 2.75) is 12.5 Å². The van der Waals surface area contributed by atoms with E-state index in [-0.39, 0.29) is 12.5 Å². The number of aliphatic hydroxyl groups excluding tert-OH is 1. The maximum Gasteiger partial charge on any atom is 0.252 e. The predicted molar refractivity (Wildman–Crippen MR) is 76.7 cm³/mol. The second-order valence-electron chi connectivity index (χ2n) is 3.78. The molecule has 1 aromatic rings. The van der Waals surface area contributed by atoms with Crippen LogP contribution in [0, 0.1) is 0 Å². The zero-order chi connectivity index (χ0) is 13.5. The summed E-state index contributed by atoms with van der Waals surface area (Å²) in [5.74, 6) is -0.173. The van der Waals surface area contributed by atoms with Crippen LogP contribution in [0.25, 0.3) is 0 Å². The molecule has 0 saturated carbocycles. The molecule has 4 nitrogen and oxygen atoms in total. The van der Waals surface area contributed by atoms with E-state index in [9.17, 15) is 9.90 Å². The maximum absolute atomic E-state index is 11.9. The van der Waals surface area contributed by atoms with Crippen LogP contribution in [0.4, 0.5) is 0 Å². The minimum atomic E-state index is -0.554. The number of aliphatic hydroxyl groups is 1. The molecule has 6 heteroatoms. The number of ether oxygens (including phenoxy) is 1. The van der Waals surface area contributed by atoms with E-state index >= 15 is 0 Å². The van der Waals surface area contributed by atoms with E-state index in [2.05, 4.69) is 37.2 Å². The summed E-state index contributed by atoms with van der Waals surface area (Å²) in [4.78, 5) is 11.9. The molecule has 0 aliphatic heterocycles. The molecule has 0 aliphatic rings. The quantitative estimate of drug-likeness (QED) is 0.796. The van der Waals surface area contributed by atoms with Gasteiger partial charge >= 0.3 is 0 Å². The van der Waals surface area contributed by atoms with Crippen LogP contribution in [-0.2, 0) is 4.74 Å². The van der Waals surface area contributed by atoms with Crippen LogP contribution in [0.15, 0.2) is 27.1 Å². The number of halogens is 2. The number of methoxy groups -OCH3 is 1. The molecular formula is C12H15Br2NO3. The minimum absolute atomic E-state index is 0.173. The molecule has 0 bridgehead atoms. The SMILES string of the molecule is COCC(O)CCNC(=O)c1cc(Br)ccc1Br. The lowest BCUT2D eigenvalue weighted by Crippen LogP contribution is -2.28. The van der Waals surface area contributed by atoms with Crippen molar-refractivity contribution >= 4 is 37.8 Å². The molecule has 1 aromatic carbocycles. The van der Waals surface area contributed by atoms with Gasteiger partial charge in [-0.2, -0.15) is 0 Å². The topological polar surface area (TPSA) is 58.6 Å². The second kappa shape index (κ2) is 7.89. The first-order chi connectivity index (χ1) is 8.54. The van der Waals surface area contributed by atoms with E-state index in [1.165, 1.54) is 7.11 Å². The molecule has 2 N–H and O–H groups in total. The number of amides is 1. The highest BCUT2D eigenvalue weighted by Gasteiger charge is 2.11. The Morgan fingerprint density at radius 2 is 2.22 bits per heavy atom. The highest BCUT2D eigenvalue weighted by molar-refractivity contribution is 9.11. The van der Waals surface area contributed by atoms with Gasteiger partial charge in [0.25, 0.3) is 5.91 Å². The average molecular weight is 381 g/mol. The fraction of sp³-hybridized carbons (Fsp3) is 0.417. The van der Waals surface area contributed by atoms with Gasteiger partial charge in [-0.25, -0.2) is 0 Å². The van der Waals surface area contributed by atoms with Crippen molar-refractivity contribution < 1.29 is 14.6 Å². The number of carbonyl (C=O) groups is 1. The number of hydrogen-bond acceptors (Lipinski definition) is 3. The Hall–Kier alpha value is -0.430. The normalized spacial score (nSPS) is 12.2. The Morgan fingerprint density at radius 1 is 1.50 bits per heavy atom. The van der Waals surface area contributed by atoms with Gasteiger partial charge in [0.15, 0.2) is 0 Å². The smallest absolute Gasteiger partial charge is 0.252 e. The first kappa shape index (κ1) is 15.6. The van der Waals surface area contributed by atoms with Crippen molar-refractivity contribution in [3.8, 4) is 0 Å². The van der Waals surface area contributed by atoms with Crippen LogP contribution in [0.2, 0.25) is 0 Å². The van der Waals surface area contributed by atoms with Gasteiger partial charge in [0.2, 0.25) is 0 Å². The van der Waals surface area contributed by atoms with Crippen molar-refractivity contribution in [2.24, 2.45) is 0 Å².